The highest BCUT2D eigenvalue weighted by Crippen LogP contribution is 2.61. The molecule has 2 N–H and O–H groups in total. The second-order valence-corrected chi connectivity index (χ2v) is 7.76. The summed E-state index contributed by atoms with van der Waals surface area (Å²) in [7, 11) is -1.18. The Morgan fingerprint density at radius 2 is 2.10 bits per heavy atom. The van der Waals surface area contributed by atoms with Gasteiger partial charge in [0.1, 0.15) is 23.5 Å². The molecule has 2 atom stereocenters. The summed E-state index contributed by atoms with van der Waals surface area (Å²) in [5.74, 6) is -0.385. The van der Waals surface area contributed by atoms with Crippen molar-refractivity contribution in [1.29, 1.82) is 0 Å². The number of nitrogens with two attached hydrogens (primary N) is 1. The predicted molar refractivity (Wildman–Crippen MR) is 76.4 cm³/mol. The number of rotatable bonds is 5. The van der Waals surface area contributed by atoms with Crippen LogP contribution in [0, 0.1) is 0 Å². The normalized spacial score (nSPS) is 25.5. The zero-order valence-corrected chi connectivity index (χ0v) is 13.6. The van der Waals surface area contributed by atoms with Gasteiger partial charge in [-0.05, 0) is 0 Å². The van der Waals surface area contributed by atoms with Crippen molar-refractivity contribution in [3.8, 4) is 0 Å². The van der Waals surface area contributed by atoms with Crippen LogP contribution in [-0.4, -0.2) is 54.8 Å². The van der Waals surface area contributed by atoms with Crippen molar-refractivity contribution in [2.75, 3.05) is 26.6 Å². The van der Waals surface area contributed by atoms with Crippen LogP contribution in [0.3, 0.4) is 0 Å². The second kappa shape index (κ2) is 6.10. The first kappa shape index (κ1) is 16.5. The molecule has 21 heavy (non-hydrogen) atoms. The monoisotopic (exact) mass is 336 g/mol. The van der Waals surface area contributed by atoms with E-state index in [0.29, 0.717) is 11.3 Å². The Morgan fingerprint density at radius 3 is 2.62 bits per heavy atom. The molecule has 2 heterocycles. The molecular weight excluding hydrogens is 319 g/mol. The lowest BCUT2D eigenvalue weighted by molar-refractivity contribution is -0.141. The molecule has 0 saturated carbocycles. The molecule has 0 aromatic rings. The highest BCUT2D eigenvalue weighted by molar-refractivity contribution is 8.00. The maximum absolute atomic E-state index is 12.7. The third-order valence-electron chi connectivity index (χ3n) is 3.25. The maximum Gasteiger partial charge on any atom is 0.377 e. The average Bonchev–Trinajstić information content (AvgIpc) is 2.50. The SMILES string of the molecule is COP(=O)(OC)C1=C(COC(C)=O)CS[C@@H]2[C@H](N)C(=O)N12. The Hall–Kier alpha value is -0.860. The molecule has 10 heteroatoms. The van der Waals surface area contributed by atoms with Crippen LogP contribution in [0.1, 0.15) is 6.92 Å². The van der Waals surface area contributed by atoms with Crippen molar-refractivity contribution in [2.24, 2.45) is 5.73 Å². The minimum absolute atomic E-state index is 0.0693. The van der Waals surface area contributed by atoms with E-state index in [9.17, 15) is 14.2 Å². The van der Waals surface area contributed by atoms with Gasteiger partial charge >= 0.3 is 13.6 Å². The minimum Gasteiger partial charge on any atom is -0.461 e. The van der Waals surface area contributed by atoms with Gasteiger partial charge in [0.2, 0.25) is 5.91 Å². The second-order valence-electron chi connectivity index (χ2n) is 4.51. The van der Waals surface area contributed by atoms with E-state index in [1.54, 1.807) is 0 Å². The van der Waals surface area contributed by atoms with Crippen molar-refractivity contribution in [1.82, 2.24) is 4.90 Å². The lowest BCUT2D eigenvalue weighted by atomic mass is 10.1. The van der Waals surface area contributed by atoms with Gasteiger partial charge in [-0.25, -0.2) is 0 Å². The summed E-state index contributed by atoms with van der Waals surface area (Å²) in [5, 5.41) is -0.299. The minimum atomic E-state index is -3.65. The number of carbonyl (C=O) groups excluding carboxylic acids is 2. The van der Waals surface area contributed by atoms with Crippen LogP contribution in [0.25, 0.3) is 0 Å². The van der Waals surface area contributed by atoms with Gasteiger partial charge in [-0.3, -0.25) is 19.1 Å². The zero-order valence-electron chi connectivity index (χ0n) is 11.9. The largest absolute Gasteiger partial charge is 0.461 e. The molecule has 0 radical (unpaired) electrons. The van der Waals surface area contributed by atoms with Crippen LogP contribution in [-0.2, 0) is 27.9 Å². The van der Waals surface area contributed by atoms with Crippen LogP contribution in [0.2, 0.25) is 0 Å². The maximum atomic E-state index is 12.7. The van der Waals surface area contributed by atoms with Crippen molar-refractivity contribution >= 4 is 31.2 Å². The molecule has 2 rings (SSSR count). The van der Waals surface area contributed by atoms with Crippen molar-refractivity contribution in [2.45, 2.75) is 18.3 Å². The van der Waals surface area contributed by atoms with Gasteiger partial charge in [0, 0.05) is 32.5 Å². The summed E-state index contributed by atoms with van der Waals surface area (Å²) >= 11 is 1.42. The van der Waals surface area contributed by atoms with Gasteiger partial charge in [-0.2, -0.15) is 0 Å². The quantitative estimate of drug-likeness (QED) is 0.439. The fourth-order valence-corrected chi connectivity index (χ4v) is 5.15. The van der Waals surface area contributed by atoms with E-state index < -0.39 is 19.6 Å². The van der Waals surface area contributed by atoms with E-state index in [0.717, 1.165) is 0 Å². The van der Waals surface area contributed by atoms with Crippen LogP contribution >= 0.6 is 19.4 Å². The van der Waals surface area contributed by atoms with Crippen molar-refractivity contribution in [3.05, 3.63) is 11.0 Å². The predicted octanol–water partition coefficient (Wildman–Crippen LogP) is 0.489. The third kappa shape index (κ3) is 2.76. The van der Waals surface area contributed by atoms with E-state index in [1.165, 1.54) is 37.8 Å². The topological polar surface area (TPSA) is 108 Å². The number of fused-ring (bicyclic) bond motifs is 1. The summed E-state index contributed by atoms with van der Waals surface area (Å²) in [6, 6.07) is -0.637. The highest BCUT2D eigenvalue weighted by atomic mass is 32.2. The summed E-state index contributed by atoms with van der Waals surface area (Å²) in [5.41, 5.74) is 6.41. The molecule has 2 aliphatic rings. The van der Waals surface area contributed by atoms with Crippen molar-refractivity contribution in [3.63, 3.8) is 0 Å². The molecule has 1 fully saturated rings. The molecule has 0 aromatic carbocycles. The fourth-order valence-electron chi connectivity index (χ4n) is 2.18. The Bertz CT molecular complexity index is 543. The molecule has 2 aliphatic heterocycles. The first-order valence-corrected chi connectivity index (χ1v) is 8.72. The molecule has 0 unspecified atom stereocenters. The summed E-state index contributed by atoms with van der Waals surface area (Å²) in [4.78, 5) is 24.3. The number of amides is 1. The Morgan fingerprint density at radius 1 is 1.48 bits per heavy atom. The summed E-state index contributed by atoms with van der Waals surface area (Å²) < 4.78 is 27.7. The van der Waals surface area contributed by atoms with E-state index >= 15 is 0 Å². The lowest BCUT2D eigenvalue weighted by Gasteiger charge is -2.49. The number of ether oxygens (including phenoxy) is 1. The van der Waals surface area contributed by atoms with Gasteiger partial charge in [0.15, 0.2) is 0 Å². The Labute approximate surface area is 126 Å². The number of carbonyl (C=O) groups is 2. The van der Waals surface area contributed by atoms with Gasteiger partial charge in [-0.1, -0.05) is 0 Å². The summed E-state index contributed by atoms with van der Waals surface area (Å²) in [6.07, 6.45) is 0. The molecular formula is C11H17N2O6PS. The number of hydrogen-bond donors (Lipinski definition) is 1. The smallest absolute Gasteiger partial charge is 0.377 e. The van der Waals surface area contributed by atoms with Gasteiger partial charge < -0.3 is 19.5 Å². The third-order valence-corrected chi connectivity index (χ3v) is 6.62. The van der Waals surface area contributed by atoms with E-state index in [1.807, 2.05) is 0 Å². The van der Waals surface area contributed by atoms with Crippen LogP contribution in [0.15, 0.2) is 11.0 Å². The van der Waals surface area contributed by atoms with Gasteiger partial charge in [-0.15, -0.1) is 11.8 Å². The molecule has 1 amide bonds. The standard InChI is InChI=1S/C11H17N2O6PS/c1-6(14)19-4-7-5-21-11-8(12)9(15)13(11)10(7)20(16,17-2)18-3/h8,11H,4-5,12H2,1-3H3/t8-,11-/m1/s1. The van der Waals surface area contributed by atoms with E-state index in [-0.39, 0.29) is 23.3 Å². The van der Waals surface area contributed by atoms with Gasteiger partial charge in [0.05, 0.1) is 0 Å². The van der Waals surface area contributed by atoms with Crippen LogP contribution in [0.4, 0.5) is 0 Å². The molecule has 0 spiro atoms. The van der Waals surface area contributed by atoms with Crippen LogP contribution in [0.5, 0.6) is 0 Å². The number of esters is 1. The number of thioether (sulfide) groups is 1. The zero-order chi connectivity index (χ0) is 15.8. The average molecular weight is 336 g/mol. The molecule has 0 bridgehead atoms. The number of β-lactam (4-membered cyclic amide) rings is 1. The first-order valence-electron chi connectivity index (χ1n) is 6.13. The van der Waals surface area contributed by atoms with E-state index in [2.05, 4.69) is 0 Å². The van der Waals surface area contributed by atoms with E-state index in [4.69, 9.17) is 19.5 Å². The number of hydrogen-bond acceptors (Lipinski definition) is 8. The fraction of sp³-hybridized carbons (Fsp3) is 0.636. The molecule has 8 nitrogen and oxygen atoms in total. The highest BCUT2D eigenvalue weighted by Gasteiger charge is 2.55. The molecule has 0 aliphatic carbocycles. The number of nitrogens with zero attached hydrogens (tertiary/aromatic N) is 1. The molecule has 1 saturated heterocycles. The molecule has 0 aromatic heterocycles. The summed E-state index contributed by atoms with van der Waals surface area (Å²) in [6.45, 7) is 1.20. The van der Waals surface area contributed by atoms with Crippen LogP contribution < -0.4 is 5.73 Å². The Kier molecular flexibility index (Phi) is 4.79. The lowest BCUT2D eigenvalue weighted by Crippen LogP contribution is -2.67. The van der Waals surface area contributed by atoms with Crippen molar-refractivity contribution < 1.29 is 27.9 Å². The first-order chi connectivity index (χ1) is 9.85. The molecule has 118 valence electrons. The van der Waals surface area contributed by atoms with Gasteiger partial charge in [0.25, 0.3) is 0 Å². The Balaban J connectivity index is 2.42.